The predicted molar refractivity (Wildman–Crippen MR) is 93.3 cm³/mol. The molecule has 0 radical (unpaired) electrons. The van der Waals surface area contributed by atoms with E-state index in [0.717, 1.165) is 36.8 Å². The van der Waals surface area contributed by atoms with E-state index in [1.807, 2.05) is 42.5 Å². The van der Waals surface area contributed by atoms with Crippen molar-refractivity contribution in [2.75, 3.05) is 18.0 Å². The van der Waals surface area contributed by atoms with E-state index in [1.54, 1.807) is 10.9 Å². The van der Waals surface area contributed by atoms with Gasteiger partial charge in [0.15, 0.2) is 11.6 Å². The average Bonchev–Trinajstić information content (AvgIpc) is 3.33. The summed E-state index contributed by atoms with van der Waals surface area (Å²) in [5, 5.41) is 23.7. The Balaban J connectivity index is 1.38. The third kappa shape index (κ3) is 3.48. The van der Waals surface area contributed by atoms with Crippen LogP contribution in [0.25, 0.3) is 5.69 Å². The first-order chi connectivity index (χ1) is 12.4. The molecule has 0 bridgehead atoms. The maximum Gasteiger partial charge on any atom is 0.170 e. The Kier molecular flexibility index (Phi) is 4.60. The van der Waals surface area contributed by atoms with Crippen LogP contribution in [-0.2, 0) is 6.54 Å². The molecule has 4 rings (SSSR count). The highest BCUT2D eigenvalue weighted by atomic mass is 15.5. The molecule has 1 N–H and O–H groups in total. The molecule has 0 unspecified atom stereocenters. The zero-order valence-electron chi connectivity index (χ0n) is 13.9. The van der Waals surface area contributed by atoms with Gasteiger partial charge in [0.25, 0.3) is 0 Å². The van der Waals surface area contributed by atoms with Crippen molar-refractivity contribution in [2.24, 2.45) is 0 Å². The van der Waals surface area contributed by atoms with Gasteiger partial charge in [-0.05, 0) is 47.5 Å². The molecule has 0 aliphatic carbocycles. The fraction of sp³-hybridized carbons (Fsp3) is 0.353. The highest BCUT2D eigenvalue weighted by Crippen LogP contribution is 2.22. The van der Waals surface area contributed by atoms with E-state index >= 15 is 0 Å². The SMILES string of the molecule is c1ccc(-n2nnnc2CNC[C@H]2CCCN2c2cccnn2)cc1. The Bertz CT molecular complexity index is 789. The maximum atomic E-state index is 4.23. The fourth-order valence-electron chi connectivity index (χ4n) is 3.23. The highest BCUT2D eigenvalue weighted by molar-refractivity contribution is 5.39. The molecule has 0 spiro atoms. The second-order valence-electron chi connectivity index (χ2n) is 6.04. The first kappa shape index (κ1) is 15.6. The van der Waals surface area contributed by atoms with Gasteiger partial charge in [0.05, 0.1) is 12.2 Å². The second-order valence-corrected chi connectivity index (χ2v) is 6.04. The largest absolute Gasteiger partial charge is 0.351 e. The number of benzene rings is 1. The smallest absolute Gasteiger partial charge is 0.170 e. The van der Waals surface area contributed by atoms with Crippen molar-refractivity contribution in [3.05, 3.63) is 54.5 Å². The van der Waals surface area contributed by atoms with Crippen LogP contribution in [0.15, 0.2) is 48.7 Å². The van der Waals surface area contributed by atoms with Crippen LogP contribution in [0.4, 0.5) is 5.82 Å². The topological polar surface area (TPSA) is 84.7 Å². The van der Waals surface area contributed by atoms with Gasteiger partial charge in [-0.25, -0.2) is 0 Å². The lowest BCUT2D eigenvalue weighted by molar-refractivity contribution is 0.554. The normalized spacial score (nSPS) is 17.1. The minimum Gasteiger partial charge on any atom is -0.351 e. The molecule has 8 heteroatoms. The molecule has 1 fully saturated rings. The molecule has 3 aromatic rings. The van der Waals surface area contributed by atoms with E-state index in [-0.39, 0.29) is 0 Å². The second kappa shape index (κ2) is 7.35. The monoisotopic (exact) mass is 336 g/mol. The summed E-state index contributed by atoms with van der Waals surface area (Å²) in [6.45, 7) is 2.50. The van der Waals surface area contributed by atoms with E-state index in [4.69, 9.17) is 0 Å². The van der Waals surface area contributed by atoms with Crippen LogP contribution in [0.1, 0.15) is 18.7 Å². The van der Waals surface area contributed by atoms with Crippen LogP contribution in [0.3, 0.4) is 0 Å². The minimum atomic E-state index is 0.415. The molecule has 8 nitrogen and oxygen atoms in total. The number of nitrogens with one attached hydrogen (secondary N) is 1. The summed E-state index contributed by atoms with van der Waals surface area (Å²) in [4.78, 5) is 2.32. The van der Waals surface area contributed by atoms with Gasteiger partial charge < -0.3 is 10.2 Å². The molecule has 0 saturated carbocycles. The molecule has 0 amide bonds. The number of hydrogen-bond acceptors (Lipinski definition) is 7. The van der Waals surface area contributed by atoms with E-state index < -0.39 is 0 Å². The van der Waals surface area contributed by atoms with Crippen molar-refractivity contribution < 1.29 is 0 Å². The number of hydrogen-bond donors (Lipinski definition) is 1. The van der Waals surface area contributed by atoms with Gasteiger partial charge in [-0.2, -0.15) is 9.78 Å². The van der Waals surface area contributed by atoms with Crippen LogP contribution in [0.5, 0.6) is 0 Å². The molecule has 1 atom stereocenters. The number of para-hydroxylation sites is 1. The van der Waals surface area contributed by atoms with Gasteiger partial charge in [-0.15, -0.1) is 10.2 Å². The molecule has 3 heterocycles. The van der Waals surface area contributed by atoms with Crippen molar-refractivity contribution in [3.8, 4) is 5.69 Å². The molecular weight excluding hydrogens is 316 g/mol. The Morgan fingerprint density at radius 3 is 2.84 bits per heavy atom. The van der Waals surface area contributed by atoms with Gasteiger partial charge in [0.1, 0.15) is 0 Å². The standard InChI is InChI=1S/C17H20N8/c1-2-6-14(7-3-1)25-17(21-22-23-25)13-18-12-15-8-5-11-24(15)16-9-4-10-19-20-16/h1-4,6-7,9-10,15,18H,5,8,11-13H2/t15-/m1/s1. The summed E-state index contributed by atoms with van der Waals surface area (Å²) >= 11 is 0. The molecule has 1 aromatic carbocycles. The van der Waals surface area contributed by atoms with Gasteiger partial charge in [-0.1, -0.05) is 18.2 Å². The summed E-state index contributed by atoms with van der Waals surface area (Å²) < 4.78 is 1.77. The molecule has 1 aliphatic rings. The summed E-state index contributed by atoms with van der Waals surface area (Å²) in [6.07, 6.45) is 4.02. The molecule has 128 valence electrons. The van der Waals surface area contributed by atoms with Gasteiger partial charge in [-0.3, -0.25) is 0 Å². The Morgan fingerprint density at radius 1 is 1.08 bits per heavy atom. The number of nitrogens with zero attached hydrogens (tertiary/aromatic N) is 7. The van der Waals surface area contributed by atoms with Gasteiger partial charge in [0.2, 0.25) is 0 Å². The number of rotatable bonds is 6. The van der Waals surface area contributed by atoms with Gasteiger partial charge >= 0.3 is 0 Å². The molecule has 1 aliphatic heterocycles. The van der Waals surface area contributed by atoms with E-state index in [1.165, 1.54) is 6.42 Å². The van der Waals surface area contributed by atoms with E-state index in [2.05, 4.69) is 35.9 Å². The lowest BCUT2D eigenvalue weighted by Crippen LogP contribution is -2.38. The van der Waals surface area contributed by atoms with Crippen LogP contribution in [-0.4, -0.2) is 49.5 Å². The van der Waals surface area contributed by atoms with Crippen molar-refractivity contribution in [3.63, 3.8) is 0 Å². The zero-order valence-corrected chi connectivity index (χ0v) is 13.9. The maximum absolute atomic E-state index is 4.23. The number of aromatic nitrogens is 6. The molecule has 25 heavy (non-hydrogen) atoms. The van der Waals surface area contributed by atoms with Crippen molar-refractivity contribution in [1.82, 2.24) is 35.7 Å². The first-order valence-electron chi connectivity index (χ1n) is 8.49. The van der Waals surface area contributed by atoms with Crippen LogP contribution in [0, 0.1) is 0 Å². The predicted octanol–water partition coefficient (Wildman–Crippen LogP) is 1.21. The van der Waals surface area contributed by atoms with Crippen molar-refractivity contribution >= 4 is 5.82 Å². The van der Waals surface area contributed by atoms with E-state index in [0.29, 0.717) is 12.6 Å². The third-order valence-corrected chi connectivity index (χ3v) is 4.43. The molecule has 2 aromatic heterocycles. The van der Waals surface area contributed by atoms with Gasteiger partial charge in [0, 0.05) is 25.3 Å². The lowest BCUT2D eigenvalue weighted by atomic mass is 10.2. The molecular formula is C17H20N8. The Morgan fingerprint density at radius 2 is 2.00 bits per heavy atom. The van der Waals surface area contributed by atoms with Crippen LogP contribution < -0.4 is 10.2 Å². The quantitative estimate of drug-likeness (QED) is 0.724. The van der Waals surface area contributed by atoms with Crippen molar-refractivity contribution in [2.45, 2.75) is 25.4 Å². The highest BCUT2D eigenvalue weighted by Gasteiger charge is 2.25. The van der Waals surface area contributed by atoms with Crippen LogP contribution >= 0.6 is 0 Å². The zero-order chi connectivity index (χ0) is 16.9. The minimum absolute atomic E-state index is 0.415. The first-order valence-corrected chi connectivity index (χ1v) is 8.49. The summed E-state index contributed by atoms with van der Waals surface area (Å²) in [6, 6.07) is 14.3. The number of tetrazole rings is 1. The summed E-state index contributed by atoms with van der Waals surface area (Å²) in [5.74, 6) is 1.75. The van der Waals surface area contributed by atoms with Crippen molar-refractivity contribution in [1.29, 1.82) is 0 Å². The third-order valence-electron chi connectivity index (χ3n) is 4.43. The lowest BCUT2D eigenvalue weighted by Gasteiger charge is -2.25. The van der Waals surface area contributed by atoms with Crippen LogP contribution in [0.2, 0.25) is 0 Å². The van der Waals surface area contributed by atoms with E-state index in [9.17, 15) is 0 Å². The Hall–Kier alpha value is -2.87. The Labute approximate surface area is 145 Å². The molecule has 1 saturated heterocycles. The summed E-state index contributed by atoms with van der Waals surface area (Å²) in [7, 11) is 0. The average molecular weight is 336 g/mol. The summed E-state index contributed by atoms with van der Waals surface area (Å²) in [5.41, 5.74) is 0.964. The fourth-order valence-corrected chi connectivity index (χ4v) is 3.23. The number of anilines is 1.